The van der Waals surface area contributed by atoms with Crippen LogP contribution in [-0.4, -0.2) is 36.5 Å². The van der Waals surface area contributed by atoms with Crippen molar-refractivity contribution in [2.24, 2.45) is 11.3 Å². The molecule has 96 valence electrons. The Hall–Kier alpha value is -0.570. The first-order valence-corrected chi connectivity index (χ1v) is 7.27. The van der Waals surface area contributed by atoms with Gasteiger partial charge in [0.2, 0.25) is 5.91 Å². The van der Waals surface area contributed by atoms with Crippen LogP contribution in [0.5, 0.6) is 0 Å². The Morgan fingerprint density at radius 2 is 2.12 bits per heavy atom. The molecule has 1 unspecified atom stereocenters. The summed E-state index contributed by atoms with van der Waals surface area (Å²) in [5.74, 6) is 1.32. The molecule has 1 atom stereocenters. The lowest BCUT2D eigenvalue weighted by molar-refractivity contribution is -0.130. The van der Waals surface area contributed by atoms with Crippen LogP contribution < -0.4 is 5.32 Å². The van der Waals surface area contributed by atoms with Crippen molar-refractivity contribution in [3.05, 3.63) is 0 Å². The number of rotatable bonds is 6. The number of carbonyl (C=O) groups is 1. The molecule has 1 heterocycles. The quantitative estimate of drug-likeness (QED) is 0.762. The highest BCUT2D eigenvalue weighted by atomic mass is 16.2. The van der Waals surface area contributed by atoms with Gasteiger partial charge in [0.05, 0.1) is 6.04 Å². The summed E-state index contributed by atoms with van der Waals surface area (Å²) in [5.41, 5.74) is 0.565. The number of hydrogen-bond donors (Lipinski definition) is 1. The number of nitrogens with zero attached hydrogens (tertiary/aromatic N) is 1. The SMILES string of the molecule is CCCNC1CCN(CC2(C3CC3)CC2)C1=O. The van der Waals surface area contributed by atoms with Gasteiger partial charge < -0.3 is 10.2 Å². The second-order valence-electron chi connectivity index (χ2n) is 6.19. The summed E-state index contributed by atoms with van der Waals surface area (Å²) in [7, 11) is 0. The van der Waals surface area contributed by atoms with Gasteiger partial charge in [-0.1, -0.05) is 6.92 Å². The van der Waals surface area contributed by atoms with Crippen LogP contribution in [0.3, 0.4) is 0 Å². The molecule has 0 bridgehead atoms. The lowest BCUT2D eigenvalue weighted by Crippen LogP contribution is -2.40. The molecule has 3 fully saturated rings. The van der Waals surface area contributed by atoms with Crippen molar-refractivity contribution < 1.29 is 4.79 Å². The predicted octanol–water partition coefficient (Wildman–Crippen LogP) is 1.78. The van der Waals surface area contributed by atoms with E-state index in [4.69, 9.17) is 0 Å². The number of hydrogen-bond acceptors (Lipinski definition) is 2. The topological polar surface area (TPSA) is 32.3 Å². The second kappa shape index (κ2) is 4.27. The van der Waals surface area contributed by atoms with Gasteiger partial charge in [-0.2, -0.15) is 0 Å². The summed E-state index contributed by atoms with van der Waals surface area (Å²) < 4.78 is 0. The van der Waals surface area contributed by atoms with E-state index in [1.165, 1.54) is 25.7 Å². The monoisotopic (exact) mass is 236 g/mol. The maximum Gasteiger partial charge on any atom is 0.239 e. The van der Waals surface area contributed by atoms with Crippen molar-refractivity contribution in [2.45, 2.75) is 51.5 Å². The van der Waals surface area contributed by atoms with E-state index in [-0.39, 0.29) is 6.04 Å². The van der Waals surface area contributed by atoms with Gasteiger partial charge in [-0.05, 0) is 56.4 Å². The molecule has 3 aliphatic rings. The van der Waals surface area contributed by atoms with Gasteiger partial charge in [-0.15, -0.1) is 0 Å². The molecule has 1 N–H and O–H groups in total. The lowest BCUT2D eigenvalue weighted by Gasteiger charge is -2.23. The number of nitrogens with one attached hydrogen (secondary N) is 1. The van der Waals surface area contributed by atoms with Crippen molar-refractivity contribution >= 4 is 5.91 Å². The van der Waals surface area contributed by atoms with E-state index in [1.807, 2.05) is 0 Å². The molecule has 2 saturated carbocycles. The first-order valence-electron chi connectivity index (χ1n) is 7.27. The van der Waals surface area contributed by atoms with Crippen LogP contribution in [0.1, 0.15) is 45.4 Å². The highest BCUT2D eigenvalue weighted by molar-refractivity contribution is 5.84. The molecule has 1 amide bonds. The standard InChI is InChI=1S/C14H24N2O/c1-2-8-15-12-5-9-16(13(12)17)10-14(6-7-14)11-3-4-11/h11-12,15H,2-10H2,1H3. The Labute approximate surface area is 104 Å². The third-order valence-corrected chi connectivity index (χ3v) is 4.78. The van der Waals surface area contributed by atoms with E-state index in [2.05, 4.69) is 17.1 Å². The number of amides is 1. The minimum Gasteiger partial charge on any atom is -0.341 e. The van der Waals surface area contributed by atoms with Crippen molar-refractivity contribution in [2.75, 3.05) is 19.6 Å². The average molecular weight is 236 g/mol. The van der Waals surface area contributed by atoms with Gasteiger partial charge in [0.1, 0.15) is 0 Å². The van der Waals surface area contributed by atoms with Gasteiger partial charge in [-0.3, -0.25) is 4.79 Å². The molecule has 0 spiro atoms. The Bertz CT molecular complexity index is 307. The van der Waals surface area contributed by atoms with E-state index >= 15 is 0 Å². The molecule has 3 nitrogen and oxygen atoms in total. The molecule has 3 rings (SSSR count). The van der Waals surface area contributed by atoms with Crippen molar-refractivity contribution in [3.8, 4) is 0 Å². The summed E-state index contributed by atoms with van der Waals surface area (Å²) in [6, 6.07) is 0.116. The van der Waals surface area contributed by atoms with Gasteiger partial charge >= 0.3 is 0 Å². The molecule has 0 aromatic heterocycles. The molecule has 1 aliphatic heterocycles. The van der Waals surface area contributed by atoms with Crippen LogP contribution in [0, 0.1) is 11.3 Å². The largest absolute Gasteiger partial charge is 0.341 e. The van der Waals surface area contributed by atoms with Crippen molar-refractivity contribution in [3.63, 3.8) is 0 Å². The van der Waals surface area contributed by atoms with Crippen molar-refractivity contribution in [1.82, 2.24) is 10.2 Å². The zero-order valence-electron chi connectivity index (χ0n) is 10.9. The Balaban J connectivity index is 1.53. The maximum atomic E-state index is 12.2. The van der Waals surface area contributed by atoms with Gasteiger partial charge in [0.25, 0.3) is 0 Å². The Kier molecular flexibility index (Phi) is 2.89. The molecule has 0 aromatic carbocycles. The average Bonchev–Trinajstić information content (AvgIpc) is 3.19. The summed E-state index contributed by atoms with van der Waals surface area (Å²) >= 11 is 0. The van der Waals surface area contributed by atoms with E-state index in [0.717, 1.165) is 38.4 Å². The fraction of sp³-hybridized carbons (Fsp3) is 0.929. The van der Waals surface area contributed by atoms with Crippen LogP contribution in [0.25, 0.3) is 0 Å². The van der Waals surface area contributed by atoms with E-state index < -0.39 is 0 Å². The normalized spacial score (nSPS) is 31.0. The Morgan fingerprint density at radius 1 is 1.35 bits per heavy atom. The van der Waals surface area contributed by atoms with Gasteiger partial charge in [0.15, 0.2) is 0 Å². The smallest absolute Gasteiger partial charge is 0.239 e. The van der Waals surface area contributed by atoms with Gasteiger partial charge in [-0.25, -0.2) is 0 Å². The summed E-state index contributed by atoms with van der Waals surface area (Å²) in [6.45, 7) is 5.16. The molecule has 3 heteroatoms. The van der Waals surface area contributed by atoms with Gasteiger partial charge in [0, 0.05) is 13.1 Å². The van der Waals surface area contributed by atoms with E-state index in [0.29, 0.717) is 11.3 Å². The number of carbonyl (C=O) groups excluding carboxylic acids is 1. The molecular weight excluding hydrogens is 212 g/mol. The second-order valence-corrected chi connectivity index (χ2v) is 6.19. The minimum absolute atomic E-state index is 0.116. The molecular formula is C14H24N2O. The molecule has 0 aromatic rings. The minimum atomic E-state index is 0.116. The van der Waals surface area contributed by atoms with Crippen LogP contribution in [0.15, 0.2) is 0 Å². The fourth-order valence-corrected chi connectivity index (χ4v) is 3.34. The first kappa shape index (κ1) is 11.5. The van der Waals surface area contributed by atoms with Crippen molar-refractivity contribution in [1.29, 1.82) is 0 Å². The molecule has 17 heavy (non-hydrogen) atoms. The van der Waals surface area contributed by atoms with E-state index in [9.17, 15) is 4.79 Å². The predicted molar refractivity (Wildman–Crippen MR) is 67.7 cm³/mol. The summed E-state index contributed by atoms with van der Waals surface area (Å²) in [4.78, 5) is 14.4. The third kappa shape index (κ3) is 2.22. The van der Waals surface area contributed by atoms with Crippen LogP contribution >= 0.6 is 0 Å². The zero-order chi connectivity index (χ0) is 11.9. The number of likely N-dealkylation sites (tertiary alicyclic amines) is 1. The molecule has 0 radical (unpaired) electrons. The highest BCUT2D eigenvalue weighted by Crippen LogP contribution is 2.61. The van der Waals surface area contributed by atoms with E-state index in [1.54, 1.807) is 0 Å². The molecule has 2 aliphatic carbocycles. The third-order valence-electron chi connectivity index (χ3n) is 4.78. The summed E-state index contributed by atoms with van der Waals surface area (Å²) in [6.07, 6.45) is 7.69. The zero-order valence-corrected chi connectivity index (χ0v) is 10.9. The lowest BCUT2D eigenvalue weighted by atomic mass is 10.0. The fourth-order valence-electron chi connectivity index (χ4n) is 3.34. The van der Waals surface area contributed by atoms with Crippen LogP contribution in [0.2, 0.25) is 0 Å². The maximum absolute atomic E-state index is 12.2. The highest BCUT2D eigenvalue weighted by Gasteiger charge is 2.55. The summed E-state index contributed by atoms with van der Waals surface area (Å²) in [5, 5.41) is 3.37. The Morgan fingerprint density at radius 3 is 2.71 bits per heavy atom. The van der Waals surface area contributed by atoms with Crippen LogP contribution in [-0.2, 0) is 4.79 Å². The molecule has 1 saturated heterocycles. The first-order chi connectivity index (χ1) is 8.25. The van der Waals surface area contributed by atoms with Crippen LogP contribution in [0.4, 0.5) is 0 Å².